The first-order valence-electron chi connectivity index (χ1n) is 7.38. The van der Waals surface area contributed by atoms with E-state index in [1.807, 2.05) is 18.2 Å². The van der Waals surface area contributed by atoms with Gasteiger partial charge in [-0.25, -0.2) is 0 Å². The molecule has 3 heteroatoms. The molecule has 1 aromatic rings. The molecule has 0 spiro atoms. The number of pyridine rings is 1. The van der Waals surface area contributed by atoms with Crippen molar-refractivity contribution in [3.8, 4) is 0 Å². The van der Waals surface area contributed by atoms with Gasteiger partial charge in [0, 0.05) is 12.6 Å². The first-order chi connectivity index (χ1) is 9.33. The molecule has 0 aliphatic rings. The lowest BCUT2D eigenvalue weighted by Gasteiger charge is -2.04. The van der Waals surface area contributed by atoms with E-state index in [2.05, 4.69) is 11.9 Å². The molecule has 19 heavy (non-hydrogen) atoms. The summed E-state index contributed by atoms with van der Waals surface area (Å²) in [6, 6.07) is 5.61. The smallest absolute Gasteiger partial charge is 0.306 e. The number of unbranched alkanes of at least 4 members (excludes halogenated alkanes) is 6. The van der Waals surface area contributed by atoms with E-state index in [1.54, 1.807) is 6.20 Å². The molecule has 0 amide bonds. The Morgan fingerprint density at radius 1 is 1.11 bits per heavy atom. The number of hydrogen-bond acceptors (Lipinski definition) is 3. The minimum Gasteiger partial charge on any atom is -0.459 e. The van der Waals surface area contributed by atoms with Gasteiger partial charge >= 0.3 is 5.97 Å². The Hall–Kier alpha value is -1.38. The fourth-order valence-corrected chi connectivity index (χ4v) is 1.94. The molecule has 0 bridgehead atoms. The molecular weight excluding hydrogens is 238 g/mol. The van der Waals surface area contributed by atoms with Gasteiger partial charge in [0.2, 0.25) is 0 Å². The second kappa shape index (κ2) is 10.5. The second-order valence-corrected chi connectivity index (χ2v) is 4.85. The number of ether oxygens (including phenoxy) is 1. The molecule has 0 unspecified atom stereocenters. The summed E-state index contributed by atoms with van der Waals surface area (Å²) in [5.41, 5.74) is 0.801. The van der Waals surface area contributed by atoms with Gasteiger partial charge in [-0.2, -0.15) is 0 Å². The lowest BCUT2D eigenvalue weighted by atomic mass is 10.1. The van der Waals surface area contributed by atoms with Crippen LogP contribution in [0.5, 0.6) is 0 Å². The number of rotatable bonds is 10. The average Bonchev–Trinajstić information content (AvgIpc) is 2.45. The van der Waals surface area contributed by atoms with E-state index in [4.69, 9.17) is 4.74 Å². The summed E-state index contributed by atoms with van der Waals surface area (Å²) in [5, 5.41) is 0. The lowest BCUT2D eigenvalue weighted by molar-refractivity contribution is -0.145. The molecule has 0 N–H and O–H groups in total. The van der Waals surface area contributed by atoms with Crippen LogP contribution in [0.3, 0.4) is 0 Å². The molecule has 0 saturated heterocycles. The van der Waals surface area contributed by atoms with Crippen LogP contribution in [0, 0.1) is 0 Å². The maximum atomic E-state index is 11.5. The highest BCUT2D eigenvalue weighted by Gasteiger charge is 2.03. The van der Waals surface area contributed by atoms with E-state index < -0.39 is 0 Å². The van der Waals surface area contributed by atoms with Crippen LogP contribution in [-0.4, -0.2) is 11.0 Å². The van der Waals surface area contributed by atoms with Crippen molar-refractivity contribution in [3.05, 3.63) is 30.1 Å². The Morgan fingerprint density at radius 3 is 2.53 bits per heavy atom. The molecule has 3 nitrogen and oxygen atoms in total. The summed E-state index contributed by atoms with van der Waals surface area (Å²) in [7, 11) is 0. The Bertz CT molecular complexity index is 338. The van der Waals surface area contributed by atoms with Crippen LogP contribution in [0.15, 0.2) is 24.4 Å². The fourth-order valence-electron chi connectivity index (χ4n) is 1.94. The van der Waals surface area contributed by atoms with Crippen molar-refractivity contribution < 1.29 is 9.53 Å². The van der Waals surface area contributed by atoms with Gasteiger partial charge in [0.1, 0.15) is 6.61 Å². The zero-order valence-electron chi connectivity index (χ0n) is 11.9. The molecule has 1 aromatic heterocycles. The minimum absolute atomic E-state index is 0.112. The Balaban J connectivity index is 1.96. The van der Waals surface area contributed by atoms with Gasteiger partial charge in [-0.3, -0.25) is 9.78 Å². The number of nitrogens with zero attached hydrogens (tertiary/aromatic N) is 1. The summed E-state index contributed by atoms with van der Waals surface area (Å²) in [5.74, 6) is -0.112. The van der Waals surface area contributed by atoms with E-state index in [9.17, 15) is 4.79 Å². The maximum absolute atomic E-state index is 11.5. The summed E-state index contributed by atoms with van der Waals surface area (Å²) in [4.78, 5) is 15.6. The number of aromatic nitrogens is 1. The molecule has 0 saturated carbocycles. The van der Waals surface area contributed by atoms with Crippen LogP contribution in [0.25, 0.3) is 0 Å². The van der Waals surface area contributed by atoms with E-state index in [0.29, 0.717) is 6.42 Å². The van der Waals surface area contributed by atoms with Gasteiger partial charge in [-0.15, -0.1) is 0 Å². The number of hydrogen-bond donors (Lipinski definition) is 0. The highest BCUT2D eigenvalue weighted by atomic mass is 16.5. The zero-order valence-corrected chi connectivity index (χ0v) is 11.9. The van der Waals surface area contributed by atoms with Gasteiger partial charge in [-0.1, -0.05) is 51.5 Å². The van der Waals surface area contributed by atoms with Crippen LogP contribution in [0.4, 0.5) is 0 Å². The van der Waals surface area contributed by atoms with Crippen molar-refractivity contribution in [1.82, 2.24) is 4.98 Å². The Labute approximate surface area is 116 Å². The fraction of sp³-hybridized carbons (Fsp3) is 0.625. The van der Waals surface area contributed by atoms with Crippen molar-refractivity contribution >= 4 is 5.97 Å². The molecular formula is C16H25NO2. The van der Waals surface area contributed by atoms with Crippen molar-refractivity contribution in [1.29, 1.82) is 0 Å². The third-order valence-electron chi connectivity index (χ3n) is 3.09. The molecule has 0 aromatic carbocycles. The van der Waals surface area contributed by atoms with Gasteiger partial charge in [-0.05, 0) is 18.6 Å². The van der Waals surface area contributed by atoms with Gasteiger partial charge < -0.3 is 4.74 Å². The van der Waals surface area contributed by atoms with Crippen molar-refractivity contribution in [2.45, 2.75) is 64.9 Å². The maximum Gasteiger partial charge on any atom is 0.306 e. The lowest BCUT2D eigenvalue weighted by Crippen LogP contribution is -2.05. The van der Waals surface area contributed by atoms with Crippen LogP contribution in [0.2, 0.25) is 0 Å². The SMILES string of the molecule is CCCCCCCCCC(=O)OCc1ccccn1. The highest BCUT2D eigenvalue weighted by molar-refractivity contribution is 5.69. The Morgan fingerprint density at radius 2 is 1.84 bits per heavy atom. The summed E-state index contributed by atoms with van der Waals surface area (Å²) in [6.45, 7) is 2.51. The summed E-state index contributed by atoms with van der Waals surface area (Å²) in [6.07, 6.45) is 10.7. The molecule has 106 valence electrons. The number of carbonyl (C=O) groups excluding carboxylic acids is 1. The summed E-state index contributed by atoms with van der Waals surface area (Å²) >= 11 is 0. The molecule has 1 heterocycles. The number of carbonyl (C=O) groups is 1. The number of esters is 1. The van der Waals surface area contributed by atoms with Crippen LogP contribution >= 0.6 is 0 Å². The molecule has 0 radical (unpaired) electrons. The third-order valence-corrected chi connectivity index (χ3v) is 3.09. The largest absolute Gasteiger partial charge is 0.459 e. The van der Waals surface area contributed by atoms with Gasteiger partial charge in [0.05, 0.1) is 5.69 Å². The first kappa shape index (κ1) is 15.7. The highest BCUT2D eigenvalue weighted by Crippen LogP contribution is 2.09. The zero-order chi connectivity index (χ0) is 13.8. The predicted molar refractivity (Wildman–Crippen MR) is 76.6 cm³/mol. The monoisotopic (exact) mass is 263 g/mol. The predicted octanol–water partition coefficient (Wildman–Crippen LogP) is 4.27. The van der Waals surface area contributed by atoms with Crippen molar-refractivity contribution in [2.24, 2.45) is 0 Å². The van der Waals surface area contributed by atoms with Crippen LogP contribution < -0.4 is 0 Å². The van der Waals surface area contributed by atoms with Crippen molar-refractivity contribution in [3.63, 3.8) is 0 Å². The molecule has 0 atom stereocenters. The quantitative estimate of drug-likeness (QED) is 0.467. The summed E-state index contributed by atoms with van der Waals surface area (Å²) < 4.78 is 5.17. The average molecular weight is 263 g/mol. The van der Waals surface area contributed by atoms with Crippen LogP contribution in [0.1, 0.15) is 64.0 Å². The van der Waals surface area contributed by atoms with Crippen LogP contribution in [-0.2, 0) is 16.1 Å². The standard InChI is InChI=1S/C16H25NO2/c1-2-3-4-5-6-7-8-12-16(18)19-14-15-11-9-10-13-17-15/h9-11,13H,2-8,12,14H2,1H3. The minimum atomic E-state index is -0.112. The van der Waals surface area contributed by atoms with E-state index >= 15 is 0 Å². The molecule has 1 rings (SSSR count). The van der Waals surface area contributed by atoms with E-state index in [0.717, 1.165) is 18.5 Å². The van der Waals surface area contributed by atoms with E-state index in [1.165, 1.54) is 32.1 Å². The second-order valence-electron chi connectivity index (χ2n) is 4.85. The van der Waals surface area contributed by atoms with Gasteiger partial charge in [0.25, 0.3) is 0 Å². The molecule has 0 aliphatic carbocycles. The topological polar surface area (TPSA) is 39.2 Å². The first-order valence-corrected chi connectivity index (χ1v) is 7.38. The normalized spacial score (nSPS) is 10.4. The van der Waals surface area contributed by atoms with Crippen molar-refractivity contribution in [2.75, 3.05) is 0 Å². The molecule has 0 aliphatic heterocycles. The molecule has 0 fully saturated rings. The van der Waals surface area contributed by atoms with Gasteiger partial charge in [0.15, 0.2) is 0 Å². The Kier molecular flexibility index (Phi) is 8.69. The third kappa shape index (κ3) is 8.36. The van der Waals surface area contributed by atoms with E-state index in [-0.39, 0.29) is 12.6 Å².